The summed E-state index contributed by atoms with van der Waals surface area (Å²) in [6.07, 6.45) is 2.04. The highest BCUT2D eigenvalue weighted by molar-refractivity contribution is 5.16. The van der Waals surface area contributed by atoms with Crippen molar-refractivity contribution in [2.24, 2.45) is 0 Å². The van der Waals surface area contributed by atoms with Crippen LogP contribution in [0, 0.1) is 5.82 Å². The maximum absolute atomic E-state index is 12.7. The van der Waals surface area contributed by atoms with E-state index in [1.54, 1.807) is 12.1 Å². The van der Waals surface area contributed by atoms with E-state index in [-0.39, 0.29) is 5.82 Å². The second-order valence-electron chi connectivity index (χ2n) is 3.13. The minimum absolute atomic E-state index is 0.145. The van der Waals surface area contributed by atoms with Gasteiger partial charge >= 0.3 is 0 Å². The summed E-state index contributed by atoms with van der Waals surface area (Å²) < 4.78 is 12.7. The van der Waals surface area contributed by atoms with E-state index in [4.69, 9.17) is 0 Å². The molecule has 0 aliphatic heterocycles. The maximum atomic E-state index is 12.7. The third kappa shape index (κ3) is 4.04. The molecule has 1 aromatic carbocycles. The Morgan fingerprint density at radius 2 is 2.15 bits per heavy atom. The van der Waals surface area contributed by atoms with Crippen molar-refractivity contribution in [3.63, 3.8) is 0 Å². The molecule has 0 bridgehead atoms. The van der Waals surface area contributed by atoms with E-state index in [2.05, 4.69) is 12.2 Å². The average molecular weight is 181 g/mol. The van der Waals surface area contributed by atoms with E-state index in [9.17, 15) is 4.39 Å². The van der Waals surface area contributed by atoms with Crippen LogP contribution in [0.5, 0.6) is 0 Å². The molecule has 0 aliphatic rings. The fourth-order valence-electron chi connectivity index (χ4n) is 1.23. The summed E-state index contributed by atoms with van der Waals surface area (Å²) in [5.74, 6) is -0.145. The first-order chi connectivity index (χ1) is 6.33. The van der Waals surface area contributed by atoms with Gasteiger partial charge in [0.2, 0.25) is 0 Å². The van der Waals surface area contributed by atoms with Crippen molar-refractivity contribution in [1.82, 2.24) is 5.32 Å². The maximum Gasteiger partial charge on any atom is 0.123 e. The molecule has 0 fully saturated rings. The van der Waals surface area contributed by atoms with E-state index in [0.29, 0.717) is 0 Å². The van der Waals surface area contributed by atoms with Crippen molar-refractivity contribution in [3.8, 4) is 0 Å². The third-order valence-corrected chi connectivity index (χ3v) is 1.91. The lowest BCUT2D eigenvalue weighted by atomic mass is 10.1. The number of benzene rings is 1. The van der Waals surface area contributed by atoms with Gasteiger partial charge in [-0.25, -0.2) is 4.39 Å². The zero-order valence-electron chi connectivity index (χ0n) is 8.02. The second-order valence-corrected chi connectivity index (χ2v) is 3.13. The molecule has 0 unspecified atom stereocenters. The Morgan fingerprint density at radius 1 is 1.31 bits per heavy atom. The van der Waals surface area contributed by atoms with E-state index in [1.165, 1.54) is 6.07 Å². The van der Waals surface area contributed by atoms with Crippen LogP contribution in [0.2, 0.25) is 0 Å². The second kappa shape index (κ2) is 5.70. The fraction of sp³-hybridized carbons (Fsp3) is 0.455. The van der Waals surface area contributed by atoms with E-state index in [0.717, 1.165) is 31.5 Å². The summed E-state index contributed by atoms with van der Waals surface area (Å²) in [4.78, 5) is 0. The zero-order valence-corrected chi connectivity index (χ0v) is 8.02. The van der Waals surface area contributed by atoms with Crippen LogP contribution in [-0.2, 0) is 6.42 Å². The van der Waals surface area contributed by atoms with Crippen molar-refractivity contribution in [3.05, 3.63) is 35.6 Å². The molecular weight excluding hydrogens is 165 g/mol. The number of hydrogen-bond donors (Lipinski definition) is 1. The van der Waals surface area contributed by atoms with Crippen LogP contribution >= 0.6 is 0 Å². The highest BCUT2D eigenvalue weighted by Crippen LogP contribution is 2.03. The lowest BCUT2D eigenvalue weighted by molar-refractivity contribution is 0.622. The largest absolute Gasteiger partial charge is 0.316 e. The fourth-order valence-corrected chi connectivity index (χ4v) is 1.23. The Morgan fingerprint density at radius 3 is 2.85 bits per heavy atom. The molecule has 1 aromatic rings. The zero-order chi connectivity index (χ0) is 9.52. The Labute approximate surface area is 79.0 Å². The molecular formula is C11H16FN. The van der Waals surface area contributed by atoms with Gasteiger partial charge in [-0.2, -0.15) is 0 Å². The Kier molecular flexibility index (Phi) is 4.47. The van der Waals surface area contributed by atoms with Gasteiger partial charge in [-0.05, 0) is 43.6 Å². The summed E-state index contributed by atoms with van der Waals surface area (Å²) in [5, 5.41) is 3.28. The Hall–Kier alpha value is -0.890. The van der Waals surface area contributed by atoms with Crippen LogP contribution in [0.4, 0.5) is 4.39 Å². The van der Waals surface area contributed by atoms with Crippen molar-refractivity contribution in [2.75, 3.05) is 13.1 Å². The normalized spacial score (nSPS) is 10.3. The van der Waals surface area contributed by atoms with Gasteiger partial charge in [0.25, 0.3) is 0 Å². The first kappa shape index (κ1) is 10.2. The van der Waals surface area contributed by atoms with Gasteiger partial charge in [0.15, 0.2) is 0 Å². The van der Waals surface area contributed by atoms with Crippen molar-refractivity contribution in [1.29, 1.82) is 0 Å². The van der Waals surface area contributed by atoms with Gasteiger partial charge in [0.1, 0.15) is 5.82 Å². The molecule has 1 nitrogen and oxygen atoms in total. The minimum Gasteiger partial charge on any atom is -0.316 e. The molecule has 0 saturated carbocycles. The number of halogens is 1. The molecule has 2 heteroatoms. The molecule has 0 radical (unpaired) electrons. The van der Waals surface area contributed by atoms with Gasteiger partial charge in [0.05, 0.1) is 0 Å². The smallest absolute Gasteiger partial charge is 0.123 e. The minimum atomic E-state index is -0.145. The monoisotopic (exact) mass is 181 g/mol. The Bertz CT molecular complexity index is 248. The van der Waals surface area contributed by atoms with Crippen LogP contribution in [0.3, 0.4) is 0 Å². The molecule has 0 heterocycles. The quantitative estimate of drug-likeness (QED) is 0.688. The molecule has 13 heavy (non-hydrogen) atoms. The van der Waals surface area contributed by atoms with Crippen LogP contribution in [-0.4, -0.2) is 13.1 Å². The molecule has 1 N–H and O–H groups in total. The molecule has 0 aromatic heterocycles. The summed E-state index contributed by atoms with van der Waals surface area (Å²) in [6, 6.07) is 6.78. The number of rotatable bonds is 5. The van der Waals surface area contributed by atoms with Crippen LogP contribution in [0.1, 0.15) is 18.9 Å². The topological polar surface area (TPSA) is 12.0 Å². The molecule has 0 atom stereocenters. The van der Waals surface area contributed by atoms with Crippen LogP contribution in [0.25, 0.3) is 0 Å². The third-order valence-electron chi connectivity index (χ3n) is 1.91. The molecule has 1 rings (SSSR count). The van der Waals surface area contributed by atoms with Gasteiger partial charge in [0, 0.05) is 0 Å². The number of hydrogen-bond acceptors (Lipinski definition) is 1. The first-order valence-corrected chi connectivity index (χ1v) is 4.78. The highest BCUT2D eigenvalue weighted by atomic mass is 19.1. The summed E-state index contributed by atoms with van der Waals surface area (Å²) in [6.45, 7) is 4.10. The summed E-state index contributed by atoms with van der Waals surface area (Å²) >= 11 is 0. The molecule has 72 valence electrons. The predicted octanol–water partition coefficient (Wildman–Crippen LogP) is 2.37. The van der Waals surface area contributed by atoms with Crippen LogP contribution < -0.4 is 5.32 Å². The van der Waals surface area contributed by atoms with Gasteiger partial charge in [-0.15, -0.1) is 0 Å². The summed E-state index contributed by atoms with van der Waals surface area (Å²) in [7, 11) is 0. The van der Waals surface area contributed by atoms with E-state index < -0.39 is 0 Å². The molecule has 0 saturated heterocycles. The summed E-state index contributed by atoms with van der Waals surface area (Å²) in [5.41, 5.74) is 1.06. The first-order valence-electron chi connectivity index (χ1n) is 4.78. The lowest BCUT2D eigenvalue weighted by Crippen LogP contribution is -2.17. The average Bonchev–Trinajstić information content (AvgIpc) is 2.13. The molecule has 0 amide bonds. The van der Waals surface area contributed by atoms with E-state index in [1.807, 2.05) is 6.07 Å². The predicted molar refractivity (Wildman–Crippen MR) is 53.3 cm³/mol. The molecule has 0 aliphatic carbocycles. The van der Waals surface area contributed by atoms with Crippen molar-refractivity contribution < 1.29 is 4.39 Å². The lowest BCUT2D eigenvalue weighted by Gasteiger charge is -2.02. The highest BCUT2D eigenvalue weighted by Gasteiger charge is 1.94. The SMILES string of the molecule is CCCNCCc1cccc(F)c1. The van der Waals surface area contributed by atoms with Crippen LogP contribution in [0.15, 0.2) is 24.3 Å². The standard InChI is InChI=1S/C11H16FN/c1-2-7-13-8-6-10-4-3-5-11(12)9-10/h3-5,9,13H,2,6-8H2,1H3. The van der Waals surface area contributed by atoms with Crippen molar-refractivity contribution in [2.45, 2.75) is 19.8 Å². The number of nitrogens with one attached hydrogen (secondary N) is 1. The van der Waals surface area contributed by atoms with Gasteiger partial charge in [-0.3, -0.25) is 0 Å². The van der Waals surface area contributed by atoms with Crippen molar-refractivity contribution >= 4 is 0 Å². The van der Waals surface area contributed by atoms with Gasteiger partial charge < -0.3 is 5.32 Å². The Balaban J connectivity index is 2.28. The molecule has 0 spiro atoms. The van der Waals surface area contributed by atoms with Gasteiger partial charge in [-0.1, -0.05) is 19.1 Å². The van der Waals surface area contributed by atoms with E-state index >= 15 is 0 Å².